The topological polar surface area (TPSA) is 180 Å². The van der Waals surface area contributed by atoms with E-state index in [0.717, 1.165) is 0 Å². The number of carbonyl (C=O) groups excluding carboxylic acids is 6. The smallest absolute Gasteiger partial charge is 0.242 e. The van der Waals surface area contributed by atoms with Crippen LogP contribution in [0.3, 0.4) is 0 Å². The van der Waals surface area contributed by atoms with E-state index < -0.39 is 35.8 Å². The fraction of sp³-hybridized carbons (Fsp3) is 0.714. The SMILES string of the molecule is CCCN(CC(=O)NC(C)C=O)C(=O)CNC(=O)C(C)NC(=O)CCCCNC(=O)C(C)N. The first kappa shape index (κ1) is 30.0. The second-order valence-corrected chi connectivity index (χ2v) is 7.85. The lowest BCUT2D eigenvalue weighted by molar-refractivity contribution is -0.137. The summed E-state index contributed by atoms with van der Waals surface area (Å²) in [5.41, 5.74) is 5.43. The van der Waals surface area contributed by atoms with Crippen molar-refractivity contribution in [3.8, 4) is 0 Å². The molecule has 6 N–H and O–H groups in total. The lowest BCUT2D eigenvalue weighted by Crippen LogP contribution is -2.50. The number of hydrogen-bond acceptors (Lipinski definition) is 7. The minimum Gasteiger partial charge on any atom is -0.355 e. The molecule has 5 amide bonds. The van der Waals surface area contributed by atoms with Crippen LogP contribution in [0.5, 0.6) is 0 Å². The molecule has 0 spiro atoms. The Labute approximate surface area is 194 Å². The van der Waals surface area contributed by atoms with Crippen LogP contribution in [0, 0.1) is 0 Å². The van der Waals surface area contributed by atoms with E-state index in [9.17, 15) is 28.8 Å². The molecule has 0 aromatic heterocycles. The second-order valence-electron chi connectivity index (χ2n) is 7.85. The number of aldehydes is 1. The average Bonchev–Trinajstić information content (AvgIpc) is 2.75. The molecule has 0 saturated heterocycles. The molecular weight excluding hydrogens is 432 g/mol. The van der Waals surface area contributed by atoms with Crippen LogP contribution in [-0.2, 0) is 28.8 Å². The van der Waals surface area contributed by atoms with Crippen molar-refractivity contribution in [1.29, 1.82) is 0 Å². The van der Waals surface area contributed by atoms with E-state index in [-0.39, 0.29) is 31.3 Å². The first-order valence-electron chi connectivity index (χ1n) is 11.1. The Kier molecular flexibility index (Phi) is 15.1. The van der Waals surface area contributed by atoms with Crippen molar-refractivity contribution in [2.45, 2.75) is 71.5 Å². The highest BCUT2D eigenvalue weighted by atomic mass is 16.2. The molecule has 188 valence electrons. The fourth-order valence-electron chi connectivity index (χ4n) is 2.66. The molecule has 3 unspecified atom stereocenters. The molecule has 0 radical (unpaired) electrons. The van der Waals surface area contributed by atoms with Crippen molar-refractivity contribution in [3.05, 3.63) is 0 Å². The number of unbranched alkanes of at least 4 members (excludes halogenated alkanes) is 1. The zero-order valence-electron chi connectivity index (χ0n) is 19.9. The van der Waals surface area contributed by atoms with Crippen LogP contribution < -0.4 is 27.0 Å². The second kappa shape index (κ2) is 16.6. The number of nitrogens with two attached hydrogens (primary N) is 1. The summed E-state index contributed by atoms with van der Waals surface area (Å²) in [5, 5.41) is 10.1. The third kappa shape index (κ3) is 13.9. The summed E-state index contributed by atoms with van der Waals surface area (Å²) >= 11 is 0. The minimum absolute atomic E-state index is 0.184. The van der Waals surface area contributed by atoms with E-state index in [1.807, 2.05) is 6.92 Å². The van der Waals surface area contributed by atoms with Crippen molar-refractivity contribution in [2.75, 3.05) is 26.2 Å². The van der Waals surface area contributed by atoms with Crippen LogP contribution in [0.15, 0.2) is 0 Å². The van der Waals surface area contributed by atoms with Gasteiger partial charge in [-0.1, -0.05) is 6.92 Å². The van der Waals surface area contributed by atoms with Crippen LogP contribution in [-0.4, -0.2) is 85.0 Å². The van der Waals surface area contributed by atoms with Crippen LogP contribution in [0.2, 0.25) is 0 Å². The monoisotopic (exact) mass is 470 g/mol. The molecule has 33 heavy (non-hydrogen) atoms. The van der Waals surface area contributed by atoms with Gasteiger partial charge < -0.3 is 36.7 Å². The summed E-state index contributed by atoms with van der Waals surface area (Å²) in [6.45, 7) is 6.62. The third-order valence-corrected chi connectivity index (χ3v) is 4.50. The van der Waals surface area contributed by atoms with E-state index >= 15 is 0 Å². The molecular formula is C21H38N6O6. The summed E-state index contributed by atoms with van der Waals surface area (Å²) in [7, 11) is 0. The number of nitrogens with zero attached hydrogens (tertiary/aromatic N) is 1. The summed E-state index contributed by atoms with van der Waals surface area (Å²) in [6, 6.07) is -2.09. The van der Waals surface area contributed by atoms with Crippen LogP contribution >= 0.6 is 0 Å². The van der Waals surface area contributed by atoms with Gasteiger partial charge in [-0.25, -0.2) is 0 Å². The van der Waals surface area contributed by atoms with E-state index in [1.165, 1.54) is 18.7 Å². The summed E-state index contributed by atoms with van der Waals surface area (Å²) in [4.78, 5) is 71.8. The van der Waals surface area contributed by atoms with Gasteiger partial charge in [-0.2, -0.15) is 0 Å². The van der Waals surface area contributed by atoms with Crippen molar-refractivity contribution in [1.82, 2.24) is 26.2 Å². The van der Waals surface area contributed by atoms with Crippen molar-refractivity contribution in [2.24, 2.45) is 5.73 Å². The van der Waals surface area contributed by atoms with Crippen molar-refractivity contribution >= 4 is 35.8 Å². The van der Waals surface area contributed by atoms with Crippen molar-refractivity contribution < 1.29 is 28.8 Å². The molecule has 3 atom stereocenters. The van der Waals surface area contributed by atoms with Gasteiger partial charge in [-0.05, 0) is 40.0 Å². The molecule has 12 nitrogen and oxygen atoms in total. The first-order valence-corrected chi connectivity index (χ1v) is 11.1. The molecule has 0 heterocycles. The average molecular weight is 471 g/mol. The van der Waals surface area contributed by atoms with Gasteiger partial charge in [-0.15, -0.1) is 0 Å². The highest BCUT2D eigenvalue weighted by Gasteiger charge is 2.20. The summed E-state index contributed by atoms with van der Waals surface area (Å²) in [5.74, 6) is -2.03. The van der Waals surface area contributed by atoms with Gasteiger partial charge in [0, 0.05) is 19.5 Å². The Balaban J connectivity index is 4.35. The lowest BCUT2D eigenvalue weighted by Gasteiger charge is -2.23. The molecule has 12 heteroatoms. The Morgan fingerprint density at radius 1 is 0.939 bits per heavy atom. The van der Waals surface area contributed by atoms with Gasteiger partial charge in [-0.3, -0.25) is 24.0 Å². The maximum absolute atomic E-state index is 12.4. The van der Waals surface area contributed by atoms with E-state index in [0.29, 0.717) is 38.6 Å². The molecule has 0 aliphatic heterocycles. The van der Waals surface area contributed by atoms with E-state index in [4.69, 9.17) is 5.73 Å². The fourth-order valence-corrected chi connectivity index (χ4v) is 2.66. The molecule has 0 aromatic carbocycles. The van der Waals surface area contributed by atoms with E-state index in [2.05, 4.69) is 21.3 Å². The largest absolute Gasteiger partial charge is 0.355 e. The molecule has 0 saturated carbocycles. The van der Waals surface area contributed by atoms with Crippen LogP contribution in [0.25, 0.3) is 0 Å². The van der Waals surface area contributed by atoms with Gasteiger partial charge in [0.05, 0.1) is 25.2 Å². The zero-order valence-corrected chi connectivity index (χ0v) is 19.9. The van der Waals surface area contributed by atoms with Crippen molar-refractivity contribution in [3.63, 3.8) is 0 Å². The molecule has 0 bridgehead atoms. The highest BCUT2D eigenvalue weighted by Crippen LogP contribution is 1.97. The van der Waals surface area contributed by atoms with E-state index in [1.54, 1.807) is 6.92 Å². The Morgan fingerprint density at radius 3 is 2.18 bits per heavy atom. The highest BCUT2D eigenvalue weighted by molar-refractivity contribution is 5.91. The minimum atomic E-state index is -0.848. The maximum atomic E-state index is 12.4. The van der Waals surface area contributed by atoms with Gasteiger partial charge in [0.1, 0.15) is 12.3 Å². The predicted octanol–water partition coefficient (Wildman–Crippen LogP) is -1.82. The number of rotatable bonds is 16. The molecule has 0 aliphatic rings. The predicted molar refractivity (Wildman–Crippen MR) is 122 cm³/mol. The summed E-state index contributed by atoms with van der Waals surface area (Å²) < 4.78 is 0. The Hall–Kier alpha value is -3.02. The lowest BCUT2D eigenvalue weighted by atomic mass is 10.2. The van der Waals surface area contributed by atoms with Gasteiger partial charge in [0.15, 0.2) is 0 Å². The van der Waals surface area contributed by atoms with Gasteiger partial charge in [0.2, 0.25) is 29.5 Å². The number of hydrogen-bond donors (Lipinski definition) is 5. The Bertz CT molecular complexity index is 684. The summed E-state index contributed by atoms with van der Waals surface area (Å²) in [6.07, 6.45) is 2.49. The van der Waals surface area contributed by atoms with Gasteiger partial charge in [0.25, 0.3) is 0 Å². The number of nitrogens with one attached hydrogen (secondary N) is 4. The standard InChI is InChI=1S/C21H38N6O6/c1-5-10-27(12-18(30)25-14(2)13-28)19(31)11-24-21(33)16(4)26-17(29)8-6-7-9-23-20(32)15(3)22/h13-16H,5-12,22H2,1-4H3,(H,23,32)(H,24,33)(H,25,30)(H,26,29). The first-order chi connectivity index (χ1) is 15.5. The molecule has 0 aliphatic carbocycles. The Morgan fingerprint density at radius 2 is 1.61 bits per heavy atom. The van der Waals surface area contributed by atoms with Crippen LogP contribution in [0.4, 0.5) is 0 Å². The molecule has 0 aromatic rings. The normalized spacial score (nSPS) is 13.1. The quantitative estimate of drug-likeness (QED) is 0.130. The maximum Gasteiger partial charge on any atom is 0.242 e. The number of carbonyl (C=O) groups is 6. The molecule has 0 fully saturated rings. The third-order valence-electron chi connectivity index (χ3n) is 4.50. The zero-order chi connectivity index (χ0) is 25.4. The molecule has 0 rings (SSSR count). The van der Waals surface area contributed by atoms with Crippen LogP contribution in [0.1, 0.15) is 53.4 Å². The van der Waals surface area contributed by atoms with Gasteiger partial charge >= 0.3 is 0 Å². The number of amides is 5.